The first-order valence-electron chi connectivity index (χ1n) is 24.3. The van der Waals surface area contributed by atoms with Crippen molar-refractivity contribution in [2.24, 2.45) is 21.8 Å². The lowest BCUT2D eigenvalue weighted by molar-refractivity contribution is -0.155. The molecule has 2 aromatic carbocycles. The first kappa shape index (κ1) is 50.5. The van der Waals surface area contributed by atoms with E-state index in [2.05, 4.69) is 38.9 Å². The monoisotopic (exact) mass is 942 g/mol. The molecule has 6 aliphatic rings. The molecule has 0 saturated carbocycles. The number of allylic oxidation sites excluding steroid dienone is 4. The van der Waals surface area contributed by atoms with Gasteiger partial charge in [0.25, 0.3) is 11.7 Å². The van der Waals surface area contributed by atoms with Crippen molar-refractivity contribution in [2.75, 3.05) is 78.3 Å². The number of ketones is 1. The first-order valence-corrected chi connectivity index (χ1v) is 24.3. The smallest absolute Gasteiger partial charge is 0.315 e. The van der Waals surface area contributed by atoms with E-state index in [1.54, 1.807) is 37.0 Å². The van der Waals surface area contributed by atoms with Gasteiger partial charge in [0.2, 0.25) is 5.91 Å². The van der Waals surface area contributed by atoms with Gasteiger partial charge < -0.3 is 49.5 Å². The van der Waals surface area contributed by atoms with Gasteiger partial charge >= 0.3 is 11.8 Å². The number of aliphatic hydroxyl groups excluding tert-OH is 1. The number of aliphatic hydroxyl groups is 1. The van der Waals surface area contributed by atoms with Crippen molar-refractivity contribution < 1.29 is 48.7 Å². The van der Waals surface area contributed by atoms with E-state index in [1.165, 1.54) is 13.2 Å². The van der Waals surface area contributed by atoms with E-state index < -0.39 is 53.5 Å². The normalized spacial score (nSPS) is 26.7. The number of amides is 2. The molecule has 8 rings (SSSR count). The van der Waals surface area contributed by atoms with Crippen molar-refractivity contribution in [1.82, 2.24) is 19.6 Å². The van der Waals surface area contributed by atoms with Crippen LogP contribution in [0.2, 0.25) is 0 Å². The van der Waals surface area contributed by atoms with E-state index in [1.807, 2.05) is 27.1 Å². The molecule has 0 radical (unpaired) electrons. The van der Waals surface area contributed by atoms with E-state index in [0.717, 1.165) is 45.8 Å². The lowest BCUT2D eigenvalue weighted by Gasteiger charge is -2.38. The molecule has 3 unspecified atom stereocenters. The topological polar surface area (TPSA) is 206 Å². The highest BCUT2D eigenvalue weighted by Crippen LogP contribution is 2.51. The summed E-state index contributed by atoms with van der Waals surface area (Å²) in [5.41, 5.74) is 0.0767. The minimum absolute atomic E-state index is 0.00757. The van der Waals surface area contributed by atoms with Crippen LogP contribution in [0.1, 0.15) is 102 Å². The Hall–Kier alpha value is -5.36. The molecular formula is C51H71N7O10. The minimum Gasteiger partial charge on any atom is -0.507 e. The van der Waals surface area contributed by atoms with Crippen LogP contribution in [0.4, 0.5) is 5.69 Å². The Morgan fingerprint density at radius 1 is 0.985 bits per heavy atom. The number of ether oxygens (including phenoxy) is 3. The van der Waals surface area contributed by atoms with Gasteiger partial charge in [-0.2, -0.15) is 0 Å². The number of carbonyl (C=O) groups excluding carboxylic acids is 4. The number of piperazine rings is 1. The highest BCUT2D eigenvalue weighted by Gasteiger charge is 2.50. The van der Waals surface area contributed by atoms with Gasteiger partial charge in [0.1, 0.15) is 40.4 Å². The van der Waals surface area contributed by atoms with Crippen LogP contribution in [0.5, 0.6) is 17.2 Å². The molecular weight excluding hydrogens is 871 g/mol. The largest absolute Gasteiger partial charge is 0.507 e. The molecule has 5 bridgehead atoms. The SMILES string of the molecule is C/C1=C/C=C/C(C)CCC(O)CC(OC(=O)CC(=O)N2CCN(CCN(C)C)CC2)CC/C=C/O[C@@]2(C)Oc3c(C)c(O)c4c(O)c(c5c(c4c3C2=O)NC2(CCN(CC(C)C)CC2)N=5)=NC1=O. The highest BCUT2D eigenvalue weighted by atomic mass is 16.7. The van der Waals surface area contributed by atoms with Gasteiger partial charge in [-0.3, -0.25) is 29.1 Å². The molecule has 2 saturated heterocycles. The van der Waals surface area contributed by atoms with Gasteiger partial charge in [-0.25, -0.2) is 4.99 Å². The fourth-order valence-corrected chi connectivity index (χ4v) is 9.75. The first-order chi connectivity index (χ1) is 32.3. The van der Waals surface area contributed by atoms with Crippen LogP contribution < -0.4 is 20.8 Å². The number of nitrogens with one attached hydrogen (secondary N) is 1. The van der Waals surface area contributed by atoms with Crippen LogP contribution in [0.25, 0.3) is 10.8 Å². The van der Waals surface area contributed by atoms with Gasteiger partial charge in [0.15, 0.2) is 5.75 Å². The number of likely N-dealkylation sites (tertiary alicyclic amines) is 1. The Labute approximate surface area is 399 Å². The maximum Gasteiger partial charge on any atom is 0.315 e. The number of carbonyl (C=O) groups is 4. The number of piperidine rings is 1. The zero-order chi connectivity index (χ0) is 49.1. The van der Waals surface area contributed by atoms with Gasteiger partial charge in [0, 0.05) is 102 Å². The molecule has 6 aliphatic heterocycles. The highest BCUT2D eigenvalue weighted by molar-refractivity contribution is 6.21. The van der Waals surface area contributed by atoms with E-state index in [4.69, 9.17) is 19.2 Å². The van der Waals surface area contributed by atoms with Crippen LogP contribution in [0.15, 0.2) is 46.1 Å². The fraction of sp³-hybridized carbons (Fsp3) is 0.608. The molecule has 0 aromatic heterocycles. The third kappa shape index (κ3) is 11.2. The Morgan fingerprint density at radius 2 is 1.71 bits per heavy atom. The molecule has 6 heterocycles. The Morgan fingerprint density at radius 3 is 2.40 bits per heavy atom. The Kier molecular flexibility index (Phi) is 15.7. The number of hydrogen-bond donors (Lipinski definition) is 4. The number of phenols is 2. The molecule has 2 fully saturated rings. The van der Waals surface area contributed by atoms with E-state index >= 15 is 0 Å². The summed E-state index contributed by atoms with van der Waals surface area (Å²) < 4.78 is 18.3. The van der Waals surface area contributed by atoms with Crippen LogP contribution in [0, 0.1) is 18.8 Å². The van der Waals surface area contributed by atoms with Crippen molar-refractivity contribution in [3.8, 4) is 17.2 Å². The number of benzene rings is 2. The third-order valence-electron chi connectivity index (χ3n) is 13.8. The van der Waals surface area contributed by atoms with Crippen molar-refractivity contribution in [3.63, 3.8) is 0 Å². The summed E-state index contributed by atoms with van der Waals surface area (Å²) in [4.78, 5) is 73.1. The number of fused-ring (bicyclic) bond motifs is 13. The Bertz CT molecular complexity index is 2490. The van der Waals surface area contributed by atoms with E-state index in [0.29, 0.717) is 63.2 Å². The number of esters is 1. The van der Waals surface area contributed by atoms with Crippen LogP contribution in [-0.4, -0.2) is 155 Å². The molecule has 17 heteroatoms. The average molecular weight is 942 g/mol. The predicted octanol–water partition coefficient (Wildman–Crippen LogP) is 4.49. The number of rotatable bonds is 8. The summed E-state index contributed by atoms with van der Waals surface area (Å²) in [5.74, 6) is -4.30. The summed E-state index contributed by atoms with van der Waals surface area (Å²) in [5, 5.41) is 39.0. The van der Waals surface area contributed by atoms with E-state index in [-0.39, 0.29) is 67.9 Å². The molecule has 4 N–H and O–H groups in total. The second kappa shape index (κ2) is 21.1. The summed E-state index contributed by atoms with van der Waals surface area (Å²) >= 11 is 0. The summed E-state index contributed by atoms with van der Waals surface area (Å²) in [6.45, 7) is 17.8. The van der Waals surface area contributed by atoms with Gasteiger partial charge in [0.05, 0.1) is 29.0 Å². The molecule has 2 aromatic rings. The van der Waals surface area contributed by atoms with Gasteiger partial charge in [-0.1, -0.05) is 39.0 Å². The zero-order valence-corrected chi connectivity index (χ0v) is 41.1. The van der Waals surface area contributed by atoms with Gasteiger partial charge in [-0.05, 0) is 71.5 Å². The molecule has 2 amide bonds. The van der Waals surface area contributed by atoms with Crippen LogP contribution >= 0.6 is 0 Å². The molecule has 17 nitrogen and oxygen atoms in total. The average Bonchev–Trinajstić information content (AvgIpc) is 3.79. The predicted molar refractivity (Wildman–Crippen MR) is 257 cm³/mol. The quantitative estimate of drug-likeness (QED) is 0.164. The molecule has 4 atom stereocenters. The number of Topliss-reactive ketones (excluding diaryl/α,β-unsaturated/α-hetero) is 1. The maximum atomic E-state index is 14.7. The number of phenolic OH excluding ortho intramolecular Hbond substituents is 2. The summed E-state index contributed by atoms with van der Waals surface area (Å²) in [7, 11) is 4.05. The summed E-state index contributed by atoms with van der Waals surface area (Å²) in [6, 6.07) is 0. The second-order valence-electron chi connectivity index (χ2n) is 20.2. The fourth-order valence-electron chi connectivity index (χ4n) is 9.75. The maximum absolute atomic E-state index is 14.7. The number of aromatic hydroxyl groups is 2. The number of hydrogen-bond acceptors (Lipinski definition) is 15. The van der Waals surface area contributed by atoms with Crippen molar-refractivity contribution in [1.29, 1.82) is 0 Å². The number of likely N-dealkylation sites (N-methyl/N-ethyl adjacent to an activating group) is 1. The third-order valence-corrected chi connectivity index (χ3v) is 13.8. The van der Waals surface area contributed by atoms with Crippen molar-refractivity contribution in [2.45, 2.75) is 117 Å². The standard InChI is InChI=1S/C51H71N7O10/c1-31(2)30-57-19-17-51(18-20-57)53-42-39-40-45(62)34(5)47-41(39)48(64)50(6,68-47)66-27-10-9-14-36(67-38(61)29-37(60)58-25-23-56(24-26-58)22-21-55(7)8)28-35(59)16-15-32(3)12-11-13-33(4)49(65)52-44(46(40)63)43(42)54-51/h10-13,27,31-32,35-36,53,59,62-63H,9,14-26,28-30H2,1-8H3/b12-11+,27-10+,33-13-,52-44?/t32?,35?,36?,50-/m0/s1. The minimum atomic E-state index is -1.89. The zero-order valence-electron chi connectivity index (χ0n) is 41.1. The van der Waals surface area contributed by atoms with Crippen molar-refractivity contribution >= 4 is 40.0 Å². The number of anilines is 1. The lowest BCUT2D eigenvalue weighted by atomic mass is 9.92. The molecule has 0 aliphatic carbocycles. The van der Waals surface area contributed by atoms with Crippen molar-refractivity contribution in [3.05, 3.63) is 58.0 Å². The van der Waals surface area contributed by atoms with Crippen LogP contribution in [0.3, 0.4) is 0 Å². The molecule has 370 valence electrons. The Balaban J connectivity index is 1.18. The van der Waals surface area contributed by atoms with E-state index in [9.17, 15) is 34.5 Å². The second-order valence-corrected chi connectivity index (χ2v) is 20.2. The summed E-state index contributed by atoms with van der Waals surface area (Å²) in [6.07, 6.45) is 9.37. The van der Waals surface area contributed by atoms with Crippen LogP contribution in [-0.2, 0) is 23.9 Å². The molecule has 1 spiro atoms. The molecule has 68 heavy (non-hydrogen) atoms. The lowest BCUT2D eigenvalue weighted by Crippen LogP contribution is -2.50. The van der Waals surface area contributed by atoms with Gasteiger partial charge in [-0.15, -0.1) is 0 Å². The number of nitrogens with zero attached hydrogens (tertiary/aromatic N) is 6.